The smallest absolute Gasteiger partial charge is 0.0457 e. The number of aromatic amines is 1. The summed E-state index contributed by atoms with van der Waals surface area (Å²) in [6.07, 6.45) is 2.94. The summed E-state index contributed by atoms with van der Waals surface area (Å²) in [4.78, 5) is 3.30. The zero-order chi connectivity index (χ0) is 19.3. The van der Waals surface area contributed by atoms with Gasteiger partial charge >= 0.3 is 0 Å². The zero-order valence-electron chi connectivity index (χ0n) is 15.5. The number of fused-ring (bicyclic) bond motifs is 1. The number of nitrogens with one attached hydrogen (secondary N) is 3. The molecule has 140 valence electrons. The fraction of sp³-hybridized carbons (Fsp3) is 0.0833. The summed E-state index contributed by atoms with van der Waals surface area (Å²) in [5.74, 6) is 0. The fourth-order valence-corrected chi connectivity index (χ4v) is 3.45. The third-order valence-corrected chi connectivity index (χ3v) is 4.97. The van der Waals surface area contributed by atoms with Crippen LogP contribution in [0.5, 0.6) is 0 Å². The van der Waals surface area contributed by atoms with Crippen LogP contribution in [0.25, 0.3) is 16.6 Å². The Balaban J connectivity index is 1.38. The van der Waals surface area contributed by atoms with Gasteiger partial charge in [-0.1, -0.05) is 48.5 Å². The molecule has 4 heteroatoms. The second-order valence-corrected chi connectivity index (χ2v) is 7.17. The van der Waals surface area contributed by atoms with E-state index in [-0.39, 0.29) is 0 Å². The van der Waals surface area contributed by atoms with Crippen LogP contribution in [0.3, 0.4) is 0 Å². The highest BCUT2D eigenvalue weighted by molar-refractivity contribution is 6.31. The maximum absolute atomic E-state index is 6.14. The highest BCUT2D eigenvalue weighted by Crippen LogP contribution is 2.23. The molecule has 0 spiro atoms. The van der Waals surface area contributed by atoms with Gasteiger partial charge in [0.15, 0.2) is 0 Å². The van der Waals surface area contributed by atoms with Crippen molar-refractivity contribution < 1.29 is 0 Å². The van der Waals surface area contributed by atoms with E-state index in [1.807, 2.05) is 54.6 Å². The van der Waals surface area contributed by atoms with E-state index in [0.717, 1.165) is 46.1 Å². The molecule has 0 aliphatic rings. The van der Waals surface area contributed by atoms with Crippen molar-refractivity contribution in [3.05, 3.63) is 102 Å². The lowest BCUT2D eigenvalue weighted by Gasteiger charge is -2.12. The normalized spacial score (nSPS) is 10.8. The Labute approximate surface area is 170 Å². The first-order valence-corrected chi connectivity index (χ1v) is 9.68. The van der Waals surface area contributed by atoms with Gasteiger partial charge in [0, 0.05) is 45.7 Å². The molecule has 0 atom stereocenters. The Morgan fingerprint density at radius 3 is 2.61 bits per heavy atom. The monoisotopic (exact) mass is 387 g/mol. The van der Waals surface area contributed by atoms with Gasteiger partial charge in [-0.05, 0) is 60.0 Å². The molecule has 0 aliphatic carbocycles. The lowest BCUT2D eigenvalue weighted by Crippen LogP contribution is -2.15. The molecule has 0 bridgehead atoms. The number of hydrogen-bond donors (Lipinski definition) is 3. The van der Waals surface area contributed by atoms with E-state index >= 15 is 0 Å². The van der Waals surface area contributed by atoms with Crippen LogP contribution in [0.1, 0.15) is 11.1 Å². The summed E-state index contributed by atoms with van der Waals surface area (Å²) >= 11 is 6.14. The minimum absolute atomic E-state index is 0.758. The molecule has 3 aromatic carbocycles. The number of para-hydroxylation sites is 1. The lowest BCUT2D eigenvalue weighted by molar-refractivity contribution is 0.853. The molecule has 0 unspecified atom stereocenters. The Morgan fingerprint density at radius 1 is 0.929 bits per heavy atom. The summed E-state index contributed by atoms with van der Waals surface area (Å²) in [5.41, 5.74) is 6.45. The van der Waals surface area contributed by atoms with E-state index in [1.54, 1.807) is 0 Å². The first-order chi connectivity index (χ1) is 13.7. The first-order valence-electron chi connectivity index (χ1n) is 9.30. The predicted octanol–water partition coefficient (Wildman–Crippen LogP) is 6.37. The van der Waals surface area contributed by atoms with Crippen molar-refractivity contribution in [1.82, 2.24) is 10.3 Å². The lowest BCUT2D eigenvalue weighted by atomic mass is 10.1. The van der Waals surface area contributed by atoms with E-state index < -0.39 is 0 Å². The number of anilines is 2. The second-order valence-electron chi connectivity index (χ2n) is 6.73. The maximum Gasteiger partial charge on any atom is 0.0457 e. The highest BCUT2D eigenvalue weighted by Gasteiger charge is 2.05. The van der Waals surface area contributed by atoms with Gasteiger partial charge in [-0.25, -0.2) is 0 Å². The molecule has 0 fully saturated rings. The number of aromatic nitrogens is 1. The Hall–Kier alpha value is -3.17. The summed E-state index contributed by atoms with van der Waals surface area (Å²) in [5, 5.41) is 8.79. The number of halogens is 1. The molecule has 0 saturated carbocycles. The van der Waals surface area contributed by atoms with Crippen LogP contribution < -0.4 is 10.6 Å². The van der Waals surface area contributed by atoms with Crippen molar-refractivity contribution in [1.29, 1.82) is 0 Å². The molecule has 0 aliphatic heterocycles. The first kappa shape index (κ1) is 18.2. The van der Waals surface area contributed by atoms with Crippen LogP contribution in [0, 0.1) is 0 Å². The van der Waals surface area contributed by atoms with Crippen molar-refractivity contribution in [2.45, 2.75) is 6.42 Å². The molecule has 1 heterocycles. The molecule has 0 saturated heterocycles. The van der Waals surface area contributed by atoms with Crippen LogP contribution in [0.15, 0.2) is 85.6 Å². The van der Waals surface area contributed by atoms with Gasteiger partial charge in [0.1, 0.15) is 0 Å². The van der Waals surface area contributed by atoms with Gasteiger partial charge in [0.2, 0.25) is 0 Å². The number of rotatable bonds is 7. The zero-order valence-corrected chi connectivity index (χ0v) is 16.3. The average Bonchev–Trinajstić information content (AvgIpc) is 3.11. The quantitative estimate of drug-likeness (QED) is 0.345. The summed E-state index contributed by atoms with van der Waals surface area (Å²) in [6.45, 7) is 5.00. The third-order valence-electron chi connectivity index (χ3n) is 4.74. The second kappa shape index (κ2) is 8.24. The Morgan fingerprint density at radius 2 is 1.75 bits per heavy atom. The molecule has 0 radical (unpaired) electrons. The van der Waals surface area contributed by atoms with E-state index in [9.17, 15) is 0 Å². The van der Waals surface area contributed by atoms with Crippen molar-refractivity contribution >= 4 is 39.6 Å². The Bertz CT molecular complexity index is 1100. The van der Waals surface area contributed by atoms with Gasteiger partial charge in [-0.3, -0.25) is 0 Å². The molecule has 4 aromatic rings. The van der Waals surface area contributed by atoms with Crippen molar-refractivity contribution in [3.63, 3.8) is 0 Å². The standard InChI is InChI=1S/C24H22ClN3/c1-17(18-6-5-9-22(14-18)28-21-7-3-2-4-8-21)26-13-12-19-16-27-24-11-10-20(25)15-23(19)24/h2-11,14-16,26-28H,1,12-13H2. The van der Waals surface area contributed by atoms with Gasteiger partial charge in [-0.2, -0.15) is 0 Å². The summed E-state index contributed by atoms with van der Waals surface area (Å²) < 4.78 is 0. The molecule has 28 heavy (non-hydrogen) atoms. The van der Waals surface area contributed by atoms with Gasteiger partial charge in [0.25, 0.3) is 0 Å². The largest absolute Gasteiger partial charge is 0.385 e. The summed E-state index contributed by atoms with van der Waals surface area (Å²) in [7, 11) is 0. The van der Waals surface area contributed by atoms with Crippen LogP contribution in [0.4, 0.5) is 11.4 Å². The molecule has 1 aromatic heterocycles. The minimum Gasteiger partial charge on any atom is -0.385 e. The van der Waals surface area contributed by atoms with E-state index in [4.69, 9.17) is 11.6 Å². The van der Waals surface area contributed by atoms with Crippen molar-refractivity contribution in [3.8, 4) is 0 Å². The molecule has 4 rings (SSSR count). The van der Waals surface area contributed by atoms with Gasteiger partial charge < -0.3 is 15.6 Å². The molecular weight excluding hydrogens is 366 g/mol. The number of benzene rings is 3. The van der Waals surface area contributed by atoms with Crippen LogP contribution in [0.2, 0.25) is 5.02 Å². The van der Waals surface area contributed by atoms with Crippen LogP contribution >= 0.6 is 11.6 Å². The predicted molar refractivity (Wildman–Crippen MR) is 120 cm³/mol. The molecule has 3 nitrogen and oxygen atoms in total. The Kier molecular flexibility index (Phi) is 5.36. The summed E-state index contributed by atoms with van der Waals surface area (Å²) in [6, 6.07) is 24.3. The molecule has 0 amide bonds. The van der Waals surface area contributed by atoms with Gasteiger partial charge in [-0.15, -0.1) is 0 Å². The maximum atomic E-state index is 6.14. The van der Waals surface area contributed by atoms with E-state index in [0.29, 0.717) is 0 Å². The van der Waals surface area contributed by atoms with Crippen LogP contribution in [-0.2, 0) is 6.42 Å². The number of hydrogen-bond acceptors (Lipinski definition) is 2. The molecular formula is C24H22ClN3. The van der Waals surface area contributed by atoms with Gasteiger partial charge in [0.05, 0.1) is 0 Å². The van der Waals surface area contributed by atoms with E-state index in [2.05, 4.69) is 46.6 Å². The molecule has 3 N–H and O–H groups in total. The average molecular weight is 388 g/mol. The van der Waals surface area contributed by atoms with Crippen LogP contribution in [-0.4, -0.2) is 11.5 Å². The SMILES string of the molecule is C=C(NCCc1c[nH]c2ccc(Cl)cc12)c1cccc(Nc2ccccc2)c1. The fourth-order valence-electron chi connectivity index (χ4n) is 3.28. The van der Waals surface area contributed by atoms with Crippen molar-refractivity contribution in [2.75, 3.05) is 11.9 Å². The third kappa shape index (κ3) is 4.21. The highest BCUT2D eigenvalue weighted by atomic mass is 35.5. The number of H-pyrrole nitrogens is 1. The minimum atomic E-state index is 0.758. The topological polar surface area (TPSA) is 39.9 Å². The van der Waals surface area contributed by atoms with Crippen molar-refractivity contribution in [2.24, 2.45) is 0 Å². The van der Waals surface area contributed by atoms with E-state index in [1.165, 1.54) is 10.9 Å².